The average molecular weight is 304 g/mol. The van der Waals surface area contributed by atoms with Crippen molar-refractivity contribution in [3.05, 3.63) is 30.8 Å². The van der Waals surface area contributed by atoms with Crippen LogP contribution in [0, 0.1) is 0 Å². The molecule has 1 amide bonds. The second-order valence-corrected chi connectivity index (χ2v) is 4.31. The van der Waals surface area contributed by atoms with E-state index in [0.717, 1.165) is 0 Å². The van der Waals surface area contributed by atoms with Crippen LogP contribution in [0.1, 0.15) is 13.3 Å². The van der Waals surface area contributed by atoms with E-state index in [1.54, 1.807) is 31.3 Å². The molecule has 1 aromatic carbocycles. The van der Waals surface area contributed by atoms with Crippen molar-refractivity contribution >= 4 is 17.6 Å². The van der Waals surface area contributed by atoms with Crippen LogP contribution in [0.4, 0.5) is 5.69 Å². The number of carbonyl (C=O) groups is 2. The number of carbonyl (C=O) groups excluding carboxylic acids is 2. The first-order valence-corrected chi connectivity index (χ1v) is 6.66. The molecule has 0 aliphatic carbocycles. The van der Waals surface area contributed by atoms with Crippen LogP contribution in [0.15, 0.2) is 35.2 Å². The van der Waals surface area contributed by atoms with Crippen LogP contribution in [0.5, 0.6) is 5.75 Å². The van der Waals surface area contributed by atoms with Crippen molar-refractivity contribution < 1.29 is 23.5 Å². The largest absolute Gasteiger partial charge is 0.496 e. The van der Waals surface area contributed by atoms with Crippen molar-refractivity contribution in [3.63, 3.8) is 0 Å². The topological polar surface area (TPSA) is 90.7 Å². The molecule has 7 heteroatoms. The Labute approximate surface area is 127 Å². The Bertz CT molecular complexity index is 652. The van der Waals surface area contributed by atoms with Gasteiger partial charge < -0.3 is 19.2 Å². The molecule has 0 bridgehead atoms. The summed E-state index contributed by atoms with van der Waals surface area (Å²) in [6, 6.07) is 5.06. The highest BCUT2D eigenvalue weighted by molar-refractivity contribution is 6.02. The molecule has 0 unspecified atom stereocenters. The monoisotopic (exact) mass is 304 g/mol. The van der Waals surface area contributed by atoms with Crippen LogP contribution in [-0.4, -0.2) is 30.6 Å². The molecule has 0 saturated carbocycles. The van der Waals surface area contributed by atoms with Crippen molar-refractivity contribution in [1.82, 2.24) is 4.98 Å². The lowest BCUT2D eigenvalue weighted by molar-refractivity contribution is -0.145. The summed E-state index contributed by atoms with van der Waals surface area (Å²) in [6.07, 6.45) is 2.56. The van der Waals surface area contributed by atoms with E-state index < -0.39 is 11.9 Å². The molecule has 2 aromatic rings. The SMILES string of the molecule is CCOC(=O)CC(=O)Nc1ccc(-c2cnco2)c(OC)c1. The number of amides is 1. The van der Waals surface area contributed by atoms with Gasteiger partial charge in [0.15, 0.2) is 12.2 Å². The molecule has 0 aliphatic rings. The molecule has 0 fully saturated rings. The Kier molecular flexibility index (Phi) is 5.13. The van der Waals surface area contributed by atoms with Crippen LogP contribution < -0.4 is 10.1 Å². The van der Waals surface area contributed by atoms with E-state index in [4.69, 9.17) is 13.9 Å². The van der Waals surface area contributed by atoms with Gasteiger partial charge in [-0.2, -0.15) is 0 Å². The van der Waals surface area contributed by atoms with Crippen molar-refractivity contribution in [2.24, 2.45) is 0 Å². The lowest BCUT2D eigenvalue weighted by Crippen LogP contribution is -2.18. The number of anilines is 1. The highest BCUT2D eigenvalue weighted by Crippen LogP contribution is 2.32. The fourth-order valence-electron chi connectivity index (χ4n) is 1.87. The van der Waals surface area contributed by atoms with Gasteiger partial charge in [-0.25, -0.2) is 4.98 Å². The summed E-state index contributed by atoms with van der Waals surface area (Å²) in [5.74, 6) is 0.0603. The zero-order valence-corrected chi connectivity index (χ0v) is 12.3. The second kappa shape index (κ2) is 7.26. The highest BCUT2D eigenvalue weighted by atomic mass is 16.5. The van der Waals surface area contributed by atoms with Gasteiger partial charge in [0.05, 0.1) is 25.5 Å². The zero-order chi connectivity index (χ0) is 15.9. The molecule has 7 nitrogen and oxygen atoms in total. The van der Waals surface area contributed by atoms with Gasteiger partial charge in [0.1, 0.15) is 12.2 Å². The number of hydrogen-bond acceptors (Lipinski definition) is 6. The maximum atomic E-state index is 11.7. The number of aromatic nitrogens is 1. The summed E-state index contributed by atoms with van der Waals surface area (Å²) in [7, 11) is 1.51. The minimum absolute atomic E-state index is 0.242. The first-order valence-electron chi connectivity index (χ1n) is 6.66. The van der Waals surface area contributed by atoms with Crippen molar-refractivity contribution in [1.29, 1.82) is 0 Å². The van der Waals surface area contributed by atoms with E-state index in [1.807, 2.05) is 0 Å². The summed E-state index contributed by atoms with van der Waals surface area (Å²) in [4.78, 5) is 26.8. The molecule has 1 aromatic heterocycles. The third-order valence-corrected chi connectivity index (χ3v) is 2.79. The van der Waals surface area contributed by atoms with E-state index in [0.29, 0.717) is 22.8 Å². The van der Waals surface area contributed by atoms with Crippen LogP contribution >= 0.6 is 0 Å². The number of rotatable bonds is 6. The summed E-state index contributed by atoms with van der Waals surface area (Å²) in [5, 5.41) is 2.61. The first-order chi connectivity index (χ1) is 10.6. The molecule has 0 radical (unpaired) electrons. The summed E-state index contributed by atoms with van der Waals surface area (Å²) >= 11 is 0. The molecule has 22 heavy (non-hydrogen) atoms. The van der Waals surface area contributed by atoms with Crippen LogP contribution in [0.25, 0.3) is 11.3 Å². The van der Waals surface area contributed by atoms with E-state index in [-0.39, 0.29) is 13.0 Å². The Morgan fingerprint density at radius 2 is 2.18 bits per heavy atom. The van der Waals surface area contributed by atoms with E-state index in [9.17, 15) is 9.59 Å². The molecule has 0 atom stereocenters. The second-order valence-electron chi connectivity index (χ2n) is 4.31. The predicted molar refractivity (Wildman–Crippen MR) is 78.4 cm³/mol. The van der Waals surface area contributed by atoms with Crippen LogP contribution in [0.2, 0.25) is 0 Å². The normalized spacial score (nSPS) is 10.1. The maximum absolute atomic E-state index is 11.7. The van der Waals surface area contributed by atoms with Crippen molar-refractivity contribution in [2.75, 3.05) is 19.0 Å². The Hall–Kier alpha value is -2.83. The van der Waals surface area contributed by atoms with Gasteiger partial charge in [-0.1, -0.05) is 0 Å². The number of nitrogens with zero attached hydrogens (tertiary/aromatic N) is 1. The van der Waals surface area contributed by atoms with E-state index in [2.05, 4.69) is 10.3 Å². The Morgan fingerprint density at radius 1 is 1.36 bits per heavy atom. The third-order valence-electron chi connectivity index (χ3n) is 2.79. The number of esters is 1. The molecular formula is C15H16N2O5. The number of ether oxygens (including phenoxy) is 2. The smallest absolute Gasteiger partial charge is 0.315 e. The minimum Gasteiger partial charge on any atom is -0.496 e. The van der Waals surface area contributed by atoms with Crippen LogP contribution in [-0.2, 0) is 14.3 Å². The van der Waals surface area contributed by atoms with Gasteiger partial charge in [0, 0.05) is 11.8 Å². The third kappa shape index (κ3) is 3.85. The fraction of sp³-hybridized carbons (Fsp3) is 0.267. The minimum atomic E-state index is -0.565. The number of methoxy groups -OCH3 is 1. The molecular weight excluding hydrogens is 288 g/mol. The predicted octanol–water partition coefficient (Wildman–Crippen LogP) is 2.24. The number of benzene rings is 1. The highest BCUT2D eigenvalue weighted by Gasteiger charge is 2.13. The van der Waals surface area contributed by atoms with Gasteiger partial charge in [0.25, 0.3) is 0 Å². The molecule has 116 valence electrons. The van der Waals surface area contributed by atoms with E-state index >= 15 is 0 Å². The molecule has 1 N–H and O–H groups in total. The molecule has 0 spiro atoms. The fourth-order valence-corrected chi connectivity index (χ4v) is 1.87. The molecule has 0 saturated heterocycles. The maximum Gasteiger partial charge on any atom is 0.315 e. The number of oxazole rings is 1. The Balaban J connectivity index is 2.10. The summed E-state index contributed by atoms with van der Waals surface area (Å²) in [6.45, 7) is 1.93. The Morgan fingerprint density at radius 3 is 2.82 bits per heavy atom. The number of hydrogen-bond donors (Lipinski definition) is 1. The lowest BCUT2D eigenvalue weighted by Gasteiger charge is -2.10. The standard InChI is InChI=1S/C15H16N2O5/c1-3-21-15(19)7-14(18)17-10-4-5-11(12(6-10)20-2)13-8-16-9-22-13/h4-6,8-9H,3,7H2,1-2H3,(H,17,18). The number of nitrogens with one attached hydrogen (secondary N) is 1. The van der Waals surface area contributed by atoms with Gasteiger partial charge in [-0.3, -0.25) is 9.59 Å². The van der Waals surface area contributed by atoms with Crippen molar-refractivity contribution in [2.45, 2.75) is 13.3 Å². The van der Waals surface area contributed by atoms with Gasteiger partial charge >= 0.3 is 5.97 Å². The van der Waals surface area contributed by atoms with E-state index in [1.165, 1.54) is 13.5 Å². The van der Waals surface area contributed by atoms with Gasteiger partial charge in [-0.15, -0.1) is 0 Å². The van der Waals surface area contributed by atoms with Crippen molar-refractivity contribution in [3.8, 4) is 17.1 Å². The molecule has 0 aliphatic heterocycles. The van der Waals surface area contributed by atoms with Gasteiger partial charge in [0.2, 0.25) is 5.91 Å². The van der Waals surface area contributed by atoms with Crippen LogP contribution in [0.3, 0.4) is 0 Å². The summed E-state index contributed by atoms with van der Waals surface area (Å²) < 4.78 is 15.2. The lowest BCUT2D eigenvalue weighted by atomic mass is 10.1. The molecule has 1 heterocycles. The van der Waals surface area contributed by atoms with Gasteiger partial charge in [-0.05, 0) is 19.1 Å². The zero-order valence-electron chi connectivity index (χ0n) is 12.3. The summed E-state index contributed by atoms with van der Waals surface area (Å²) in [5.41, 5.74) is 1.22. The molecule has 2 rings (SSSR count). The quantitative estimate of drug-likeness (QED) is 0.650. The average Bonchev–Trinajstić information content (AvgIpc) is 3.01. The first kappa shape index (κ1) is 15.6.